The van der Waals surface area contributed by atoms with Gasteiger partial charge in [-0.05, 0) is 17.5 Å². The topological polar surface area (TPSA) is 31.1 Å². The van der Waals surface area contributed by atoms with Crippen molar-refractivity contribution in [2.24, 2.45) is 5.41 Å². The molecule has 3 nitrogen and oxygen atoms in total. The number of H-pyrrole nitrogens is 1. The minimum Gasteiger partial charge on any atom is -0.364 e. The highest BCUT2D eigenvalue weighted by Crippen LogP contribution is 2.37. The molecule has 1 fully saturated rings. The fourth-order valence-electron chi connectivity index (χ4n) is 2.67. The standard InChI is InChI=1S/C13H23N3/c1-13(2,3)12(11-5-4-6-15-11)16-9-7-14-8-10-16/h4-6,12,14-15H,7-10H2,1-3H3/t12-/m0/s1. The van der Waals surface area contributed by atoms with Gasteiger partial charge >= 0.3 is 0 Å². The van der Waals surface area contributed by atoms with Crippen LogP contribution in [-0.2, 0) is 0 Å². The number of rotatable bonds is 2. The molecule has 0 bridgehead atoms. The minimum atomic E-state index is 0.266. The van der Waals surface area contributed by atoms with Crippen molar-refractivity contribution in [3.8, 4) is 0 Å². The summed E-state index contributed by atoms with van der Waals surface area (Å²) in [6.45, 7) is 11.4. The second-order valence-electron chi connectivity index (χ2n) is 5.68. The summed E-state index contributed by atoms with van der Waals surface area (Å²) in [6, 6.07) is 4.79. The highest BCUT2D eigenvalue weighted by molar-refractivity contribution is 5.12. The average molecular weight is 221 g/mol. The van der Waals surface area contributed by atoms with E-state index in [2.05, 4.69) is 48.1 Å². The Bertz CT molecular complexity index is 304. The van der Waals surface area contributed by atoms with E-state index in [1.165, 1.54) is 5.69 Å². The number of nitrogens with zero attached hydrogens (tertiary/aromatic N) is 1. The van der Waals surface area contributed by atoms with E-state index in [0.29, 0.717) is 6.04 Å². The van der Waals surface area contributed by atoms with E-state index < -0.39 is 0 Å². The van der Waals surface area contributed by atoms with E-state index in [9.17, 15) is 0 Å². The van der Waals surface area contributed by atoms with E-state index in [4.69, 9.17) is 0 Å². The first-order valence-corrected chi connectivity index (χ1v) is 6.17. The van der Waals surface area contributed by atoms with Crippen LogP contribution in [0.15, 0.2) is 18.3 Å². The fraction of sp³-hybridized carbons (Fsp3) is 0.692. The van der Waals surface area contributed by atoms with Crippen LogP contribution >= 0.6 is 0 Å². The third-order valence-corrected chi connectivity index (χ3v) is 3.25. The molecule has 0 spiro atoms. The quantitative estimate of drug-likeness (QED) is 0.800. The van der Waals surface area contributed by atoms with Gasteiger partial charge in [-0.15, -0.1) is 0 Å². The Morgan fingerprint density at radius 3 is 2.44 bits per heavy atom. The molecule has 1 aromatic rings. The second kappa shape index (κ2) is 4.60. The van der Waals surface area contributed by atoms with Gasteiger partial charge in [0.1, 0.15) is 0 Å². The van der Waals surface area contributed by atoms with Gasteiger partial charge in [-0.2, -0.15) is 0 Å². The molecule has 1 aromatic heterocycles. The van der Waals surface area contributed by atoms with Crippen LogP contribution in [-0.4, -0.2) is 36.1 Å². The lowest BCUT2D eigenvalue weighted by Crippen LogP contribution is -2.48. The first-order valence-electron chi connectivity index (χ1n) is 6.17. The van der Waals surface area contributed by atoms with E-state index in [1.807, 2.05) is 6.20 Å². The van der Waals surface area contributed by atoms with Crippen LogP contribution in [0.25, 0.3) is 0 Å². The maximum absolute atomic E-state index is 3.41. The van der Waals surface area contributed by atoms with Crippen molar-refractivity contribution in [2.75, 3.05) is 26.2 Å². The van der Waals surface area contributed by atoms with E-state index in [0.717, 1.165) is 26.2 Å². The molecule has 3 heteroatoms. The van der Waals surface area contributed by atoms with Gasteiger partial charge < -0.3 is 10.3 Å². The molecule has 0 amide bonds. The molecule has 2 rings (SSSR count). The van der Waals surface area contributed by atoms with Gasteiger partial charge in [0.2, 0.25) is 0 Å². The molecule has 0 aromatic carbocycles. The minimum absolute atomic E-state index is 0.266. The Balaban J connectivity index is 2.21. The normalized spacial score (nSPS) is 20.9. The van der Waals surface area contributed by atoms with Gasteiger partial charge in [0, 0.05) is 38.1 Å². The van der Waals surface area contributed by atoms with Crippen LogP contribution in [0.4, 0.5) is 0 Å². The summed E-state index contributed by atoms with van der Waals surface area (Å²) in [6.07, 6.45) is 2.02. The fourth-order valence-corrected chi connectivity index (χ4v) is 2.67. The molecule has 1 saturated heterocycles. The van der Waals surface area contributed by atoms with Crippen molar-refractivity contribution in [1.29, 1.82) is 0 Å². The Morgan fingerprint density at radius 1 is 1.25 bits per heavy atom. The number of aromatic amines is 1. The molecule has 16 heavy (non-hydrogen) atoms. The number of hydrogen-bond donors (Lipinski definition) is 2. The molecule has 2 N–H and O–H groups in total. The van der Waals surface area contributed by atoms with Crippen molar-refractivity contribution >= 4 is 0 Å². The third kappa shape index (κ3) is 2.47. The zero-order valence-corrected chi connectivity index (χ0v) is 10.6. The first kappa shape index (κ1) is 11.7. The Hall–Kier alpha value is -0.800. The molecule has 1 atom stereocenters. The highest BCUT2D eigenvalue weighted by Gasteiger charge is 2.32. The highest BCUT2D eigenvalue weighted by atomic mass is 15.2. The largest absolute Gasteiger partial charge is 0.364 e. The van der Waals surface area contributed by atoms with Crippen LogP contribution < -0.4 is 5.32 Å². The van der Waals surface area contributed by atoms with Crippen molar-refractivity contribution < 1.29 is 0 Å². The molecule has 0 unspecified atom stereocenters. The Morgan fingerprint density at radius 2 is 1.94 bits per heavy atom. The van der Waals surface area contributed by atoms with Crippen LogP contribution in [0, 0.1) is 5.41 Å². The lowest BCUT2D eigenvalue weighted by atomic mass is 9.83. The second-order valence-corrected chi connectivity index (χ2v) is 5.68. The van der Waals surface area contributed by atoms with E-state index in [1.54, 1.807) is 0 Å². The van der Waals surface area contributed by atoms with Crippen LogP contribution in [0.2, 0.25) is 0 Å². The van der Waals surface area contributed by atoms with E-state index in [-0.39, 0.29) is 5.41 Å². The van der Waals surface area contributed by atoms with Gasteiger partial charge in [0.05, 0.1) is 6.04 Å². The van der Waals surface area contributed by atoms with Crippen LogP contribution in [0.1, 0.15) is 32.5 Å². The van der Waals surface area contributed by atoms with Gasteiger partial charge in [-0.25, -0.2) is 0 Å². The molecule has 0 radical (unpaired) electrons. The van der Waals surface area contributed by atoms with Crippen molar-refractivity contribution in [1.82, 2.24) is 15.2 Å². The molecule has 1 aliphatic rings. The summed E-state index contributed by atoms with van der Waals surface area (Å²) in [7, 11) is 0. The van der Waals surface area contributed by atoms with Gasteiger partial charge in [-0.3, -0.25) is 4.90 Å². The summed E-state index contributed by atoms with van der Waals surface area (Å²) in [5.74, 6) is 0. The van der Waals surface area contributed by atoms with Gasteiger partial charge in [0.15, 0.2) is 0 Å². The summed E-state index contributed by atoms with van der Waals surface area (Å²) in [5, 5.41) is 3.41. The van der Waals surface area contributed by atoms with E-state index >= 15 is 0 Å². The summed E-state index contributed by atoms with van der Waals surface area (Å²) >= 11 is 0. The molecular formula is C13H23N3. The molecule has 0 aliphatic carbocycles. The van der Waals surface area contributed by atoms with Crippen molar-refractivity contribution in [3.63, 3.8) is 0 Å². The van der Waals surface area contributed by atoms with Crippen LogP contribution in [0.3, 0.4) is 0 Å². The monoisotopic (exact) mass is 221 g/mol. The molecular weight excluding hydrogens is 198 g/mol. The molecule has 1 aliphatic heterocycles. The predicted octanol–water partition coefficient (Wildman–Crippen LogP) is 2.01. The van der Waals surface area contributed by atoms with Crippen molar-refractivity contribution in [3.05, 3.63) is 24.0 Å². The Labute approximate surface area is 98.2 Å². The van der Waals surface area contributed by atoms with Crippen LogP contribution in [0.5, 0.6) is 0 Å². The maximum Gasteiger partial charge on any atom is 0.0547 e. The lowest BCUT2D eigenvalue weighted by molar-refractivity contribution is 0.0835. The molecule has 0 saturated carbocycles. The smallest absolute Gasteiger partial charge is 0.0547 e. The first-order chi connectivity index (χ1) is 7.59. The molecule has 90 valence electrons. The summed E-state index contributed by atoms with van der Waals surface area (Å²) in [4.78, 5) is 5.96. The number of hydrogen-bond acceptors (Lipinski definition) is 2. The number of aromatic nitrogens is 1. The maximum atomic E-state index is 3.41. The third-order valence-electron chi connectivity index (χ3n) is 3.25. The summed E-state index contributed by atoms with van der Waals surface area (Å²) < 4.78 is 0. The summed E-state index contributed by atoms with van der Waals surface area (Å²) in [5.41, 5.74) is 1.61. The SMILES string of the molecule is CC(C)(C)[C@H](c1ccc[nH]1)N1CCNCC1. The zero-order valence-electron chi connectivity index (χ0n) is 10.6. The van der Waals surface area contributed by atoms with Gasteiger partial charge in [-0.1, -0.05) is 20.8 Å². The van der Waals surface area contributed by atoms with Crippen molar-refractivity contribution in [2.45, 2.75) is 26.8 Å². The number of piperazine rings is 1. The molecule has 2 heterocycles. The Kier molecular flexibility index (Phi) is 3.36. The number of nitrogens with one attached hydrogen (secondary N) is 2. The van der Waals surface area contributed by atoms with Gasteiger partial charge in [0.25, 0.3) is 0 Å². The predicted molar refractivity (Wildman–Crippen MR) is 67.4 cm³/mol. The lowest BCUT2D eigenvalue weighted by Gasteiger charge is -2.41. The zero-order chi connectivity index (χ0) is 11.6. The average Bonchev–Trinajstić information content (AvgIpc) is 2.71.